The number of carbonyl (C=O) groups excluding carboxylic acids is 1. The monoisotopic (exact) mass is 302 g/mol. The second-order valence-electron chi connectivity index (χ2n) is 5.56. The summed E-state index contributed by atoms with van der Waals surface area (Å²) in [7, 11) is 5.91. The van der Waals surface area contributed by atoms with Gasteiger partial charge in [-0.05, 0) is 18.2 Å². The molecule has 7 nitrogen and oxygen atoms in total. The van der Waals surface area contributed by atoms with Gasteiger partial charge in [0.2, 0.25) is 5.82 Å². The van der Waals surface area contributed by atoms with E-state index in [0.29, 0.717) is 10.0 Å². The number of carbonyl (C=O) groups is 1. The predicted octanol–water partition coefficient (Wildman–Crippen LogP) is 2.41. The lowest BCUT2D eigenvalue weighted by molar-refractivity contribution is -0.384. The summed E-state index contributed by atoms with van der Waals surface area (Å²) in [6, 6.07) is 8.71. The molecule has 0 spiro atoms. The van der Waals surface area contributed by atoms with E-state index in [1.54, 1.807) is 12.1 Å². The summed E-state index contributed by atoms with van der Waals surface area (Å²) >= 11 is 0. The molecule has 2 rings (SSSR count). The van der Waals surface area contributed by atoms with Crippen LogP contribution in [-0.4, -0.2) is 37.0 Å². The van der Waals surface area contributed by atoms with Crippen LogP contribution in [0.2, 0.25) is 0 Å². The van der Waals surface area contributed by atoms with Crippen LogP contribution < -0.4 is 9.22 Å². The van der Waals surface area contributed by atoms with Gasteiger partial charge in [0.05, 0.1) is 31.6 Å². The highest BCUT2D eigenvalue weighted by atomic mass is 16.6. The zero-order valence-corrected chi connectivity index (χ0v) is 12.5. The second kappa shape index (κ2) is 5.90. The van der Waals surface area contributed by atoms with E-state index in [2.05, 4.69) is 4.98 Å². The topological polar surface area (TPSA) is 82.3 Å². The number of pyridine rings is 1. The van der Waals surface area contributed by atoms with E-state index in [4.69, 9.17) is 4.74 Å². The van der Waals surface area contributed by atoms with Crippen molar-refractivity contribution in [1.29, 1.82) is 0 Å². The highest BCUT2D eigenvalue weighted by Crippen LogP contribution is 2.19. The van der Waals surface area contributed by atoms with Gasteiger partial charge in [0.15, 0.2) is 0 Å². The van der Waals surface area contributed by atoms with Crippen LogP contribution in [0, 0.1) is 10.1 Å². The lowest BCUT2D eigenvalue weighted by Gasteiger charge is -2.21. The standard InChI is InChI=1S/C15H16N3O4/c1-18(2,3)14-9-4-11(10-16-14)15(19)22-13-7-5-12(6-8-13)17(20)21/h4-10H,1-3H3/q+1. The second-order valence-corrected chi connectivity index (χ2v) is 5.56. The fraction of sp³-hybridized carbons (Fsp3) is 0.200. The van der Waals surface area contributed by atoms with Crippen molar-refractivity contribution < 1.29 is 14.5 Å². The number of nitro benzene ring substituents is 1. The van der Waals surface area contributed by atoms with Crippen molar-refractivity contribution in [3.63, 3.8) is 0 Å². The normalized spacial score (nSPS) is 11.0. The highest BCUT2D eigenvalue weighted by molar-refractivity contribution is 5.90. The molecule has 7 heteroatoms. The third kappa shape index (κ3) is 3.64. The summed E-state index contributed by atoms with van der Waals surface area (Å²) in [5.41, 5.74) is 0.254. The van der Waals surface area contributed by atoms with Gasteiger partial charge >= 0.3 is 5.97 Å². The molecule has 0 aliphatic heterocycles. The first kappa shape index (κ1) is 15.6. The van der Waals surface area contributed by atoms with E-state index in [9.17, 15) is 14.9 Å². The van der Waals surface area contributed by atoms with Crippen LogP contribution in [0.1, 0.15) is 10.4 Å². The molecule has 114 valence electrons. The number of rotatable bonds is 4. The van der Waals surface area contributed by atoms with Crippen molar-refractivity contribution in [2.75, 3.05) is 21.1 Å². The molecule has 0 unspecified atom stereocenters. The molecule has 0 atom stereocenters. The maximum atomic E-state index is 12.0. The van der Waals surface area contributed by atoms with Gasteiger partial charge in [-0.25, -0.2) is 9.78 Å². The minimum absolute atomic E-state index is 0.0613. The molecule has 0 aliphatic rings. The Kier molecular flexibility index (Phi) is 4.18. The Morgan fingerprint density at radius 1 is 1.14 bits per heavy atom. The maximum Gasteiger partial charge on any atom is 0.345 e. The zero-order chi connectivity index (χ0) is 16.3. The first-order valence-corrected chi connectivity index (χ1v) is 6.52. The van der Waals surface area contributed by atoms with Crippen molar-refractivity contribution in [2.24, 2.45) is 0 Å². The number of quaternary nitrogens is 1. The molecule has 22 heavy (non-hydrogen) atoms. The van der Waals surface area contributed by atoms with Crippen LogP contribution in [0.3, 0.4) is 0 Å². The fourth-order valence-electron chi connectivity index (χ4n) is 1.71. The first-order valence-electron chi connectivity index (χ1n) is 6.52. The number of hydrogen-bond donors (Lipinski definition) is 0. The fourth-order valence-corrected chi connectivity index (χ4v) is 1.71. The Balaban J connectivity index is 2.10. The molecule has 1 aromatic heterocycles. The summed E-state index contributed by atoms with van der Waals surface area (Å²) in [6.45, 7) is 0. The number of nitro groups is 1. The summed E-state index contributed by atoms with van der Waals surface area (Å²) in [4.78, 5) is 26.3. The molecule has 0 saturated heterocycles. The third-order valence-electron chi connectivity index (χ3n) is 2.93. The number of benzene rings is 1. The summed E-state index contributed by atoms with van der Waals surface area (Å²) in [5, 5.41) is 10.6. The largest absolute Gasteiger partial charge is 0.423 e. The van der Waals surface area contributed by atoms with Gasteiger partial charge in [-0.1, -0.05) is 0 Å². The highest BCUT2D eigenvalue weighted by Gasteiger charge is 2.16. The zero-order valence-electron chi connectivity index (χ0n) is 12.5. The minimum atomic E-state index is -0.561. The third-order valence-corrected chi connectivity index (χ3v) is 2.93. The molecule has 0 N–H and O–H groups in total. The summed E-state index contributed by atoms with van der Waals surface area (Å²) in [5.74, 6) is 0.493. The van der Waals surface area contributed by atoms with Gasteiger partial charge in [0.1, 0.15) is 5.75 Å². The van der Waals surface area contributed by atoms with E-state index in [1.807, 2.05) is 21.1 Å². The number of ether oxygens (including phenoxy) is 1. The summed E-state index contributed by atoms with van der Waals surface area (Å²) in [6.07, 6.45) is 1.45. The Labute approximate surface area is 127 Å². The van der Waals surface area contributed by atoms with Crippen molar-refractivity contribution in [3.05, 3.63) is 58.3 Å². The number of esters is 1. The molecule has 0 aliphatic carbocycles. The van der Waals surface area contributed by atoms with E-state index in [1.165, 1.54) is 30.5 Å². The van der Waals surface area contributed by atoms with Gasteiger partial charge < -0.3 is 4.74 Å². The lowest BCUT2D eigenvalue weighted by atomic mass is 10.2. The Morgan fingerprint density at radius 3 is 2.23 bits per heavy atom. The molecule has 1 aromatic carbocycles. The average Bonchev–Trinajstić information content (AvgIpc) is 2.47. The van der Waals surface area contributed by atoms with Gasteiger partial charge in [0, 0.05) is 24.4 Å². The van der Waals surface area contributed by atoms with E-state index in [0.717, 1.165) is 5.82 Å². The lowest BCUT2D eigenvalue weighted by Crippen LogP contribution is -2.35. The van der Waals surface area contributed by atoms with Crippen LogP contribution in [0.4, 0.5) is 11.5 Å². The van der Waals surface area contributed by atoms with Crippen LogP contribution in [0.5, 0.6) is 5.75 Å². The Hall–Kier alpha value is -2.80. The molecule has 0 fully saturated rings. The first-order chi connectivity index (χ1) is 10.3. The predicted molar refractivity (Wildman–Crippen MR) is 81.9 cm³/mol. The summed E-state index contributed by atoms with van der Waals surface area (Å²) < 4.78 is 5.69. The van der Waals surface area contributed by atoms with E-state index < -0.39 is 10.9 Å². The van der Waals surface area contributed by atoms with Gasteiger partial charge in [-0.15, -0.1) is 0 Å². The average molecular weight is 302 g/mol. The molecule has 0 amide bonds. The van der Waals surface area contributed by atoms with Crippen molar-refractivity contribution >= 4 is 17.5 Å². The van der Waals surface area contributed by atoms with Crippen LogP contribution in [0.15, 0.2) is 42.6 Å². The molecule has 0 saturated carbocycles. The van der Waals surface area contributed by atoms with Gasteiger partial charge in [0.25, 0.3) is 5.69 Å². The molecule has 2 aromatic rings. The van der Waals surface area contributed by atoms with Crippen LogP contribution >= 0.6 is 0 Å². The molecule has 0 radical (unpaired) electrons. The smallest absolute Gasteiger partial charge is 0.345 e. The number of nitrogens with zero attached hydrogens (tertiary/aromatic N) is 3. The Morgan fingerprint density at radius 2 is 1.77 bits per heavy atom. The van der Waals surface area contributed by atoms with E-state index in [-0.39, 0.29) is 11.4 Å². The number of non-ortho nitro benzene ring substituents is 1. The van der Waals surface area contributed by atoms with Crippen molar-refractivity contribution in [1.82, 2.24) is 9.47 Å². The van der Waals surface area contributed by atoms with Crippen LogP contribution in [-0.2, 0) is 0 Å². The molecular formula is C15H16N3O4+. The Bertz CT molecular complexity index is 688. The van der Waals surface area contributed by atoms with Crippen molar-refractivity contribution in [2.45, 2.75) is 0 Å². The van der Waals surface area contributed by atoms with Crippen molar-refractivity contribution in [3.8, 4) is 5.75 Å². The molecular weight excluding hydrogens is 286 g/mol. The SMILES string of the molecule is C[N+](C)(C)c1ccc(C(=O)Oc2ccc([N+](=O)[O-])cc2)cn1. The van der Waals surface area contributed by atoms with Gasteiger partial charge in [-0.3, -0.25) is 14.6 Å². The number of hydrogen-bond acceptors (Lipinski definition) is 5. The number of aromatic nitrogens is 1. The quantitative estimate of drug-likeness (QED) is 0.285. The maximum absolute atomic E-state index is 12.0. The molecule has 0 bridgehead atoms. The molecule has 1 heterocycles. The minimum Gasteiger partial charge on any atom is -0.423 e. The van der Waals surface area contributed by atoms with E-state index >= 15 is 0 Å². The van der Waals surface area contributed by atoms with Crippen LogP contribution in [0.25, 0.3) is 0 Å². The van der Waals surface area contributed by atoms with Gasteiger partial charge in [-0.2, -0.15) is 0 Å².